The van der Waals surface area contributed by atoms with Gasteiger partial charge in [0.25, 0.3) is 0 Å². The van der Waals surface area contributed by atoms with E-state index in [1.807, 2.05) is 38.1 Å². The molecule has 0 unspecified atom stereocenters. The Balaban J connectivity index is 1.76. The van der Waals surface area contributed by atoms with Gasteiger partial charge in [0.2, 0.25) is 0 Å². The lowest BCUT2D eigenvalue weighted by Crippen LogP contribution is -2.46. The number of likely N-dealkylation sites (N-methyl/N-ethyl adjacent to an activating group) is 1. The van der Waals surface area contributed by atoms with Crippen molar-refractivity contribution in [3.63, 3.8) is 0 Å². The average Bonchev–Trinajstić information content (AvgIpc) is 3.00. The van der Waals surface area contributed by atoms with Crippen molar-refractivity contribution >= 4 is 39.0 Å². The Kier molecular flexibility index (Phi) is 5.16. The average molecular weight is 393 g/mol. The fourth-order valence-corrected chi connectivity index (χ4v) is 4.54. The van der Waals surface area contributed by atoms with Gasteiger partial charge in [-0.05, 0) is 38.1 Å². The maximum absolute atomic E-state index is 9.60. The summed E-state index contributed by atoms with van der Waals surface area (Å²) in [7, 11) is 0. The number of piperazine rings is 1. The zero-order valence-electron chi connectivity index (χ0n) is 16.5. The Labute approximate surface area is 169 Å². The van der Waals surface area contributed by atoms with Crippen molar-refractivity contribution in [3.05, 3.63) is 40.3 Å². The van der Waals surface area contributed by atoms with Gasteiger partial charge in [-0.2, -0.15) is 5.26 Å². The Bertz CT molecular complexity index is 1040. The molecule has 144 valence electrons. The second-order valence-corrected chi connectivity index (χ2v) is 8.25. The Morgan fingerprint density at radius 2 is 1.79 bits per heavy atom. The zero-order chi connectivity index (χ0) is 19.7. The van der Waals surface area contributed by atoms with E-state index in [9.17, 15) is 5.26 Å². The largest absolute Gasteiger partial charge is 0.351 e. The van der Waals surface area contributed by atoms with E-state index in [-0.39, 0.29) is 0 Å². The third-order valence-corrected chi connectivity index (χ3v) is 6.52. The highest BCUT2D eigenvalue weighted by molar-refractivity contribution is 7.16. The monoisotopic (exact) mass is 392 g/mol. The van der Waals surface area contributed by atoms with Crippen LogP contribution in [0, 0.1) is 25.2 Å². The molecule has 0 atom stereocenters. The first kappa shape index (κ1) is 18.7. The number of nitrogens with zero attached hydrogens (tertiary/aromatic N) is 5. The number of hydrogen-bond donors (Lipinski definition) is 1. The van der Waals surface area contributed by atoms with E-state index >= 15 is 0 Å². The summed E-state index contributed by atoms with van der Waals surface area (Å²) in [5.74, 6) is 1.59. The van der Waals surface area contributed by atoms with Gasteiger partial charge in [-0.15, -0.1) is 11.3 Å². The Morgan fingerprint density at radius 3 is 2.43 bits per heavy atom. The van der Waals surface area contributed by atoms with E-state index in [1.165, 1.54) is 0 Å². The molecule has 2 aromatic heterocycles. The van der Waals surface area contributed by atoms with Crippen LogP contribution in [0.2, 0.25) is 0 Å². The second kappa shape index (κ2) is 7.74. The van der Waals surface area contributed by atoms with Crippen LogP contribution in [-0.4, -0.2) is 47.6 Å². The molecule has 1 fully saturated rings. The smallest absolute Gasteiger partial charge is 0.175 e. The van der Waals surface area contributed by atoms with Crippen LogP contribution in [0.4, 0.5) is 16.6 Å². The van der Waals surface area contributed by atoms with Crippen LogP contribution in [0.1, 0.15) is 22.9 Å². The van der Waals surface area contributed by atoms with Crippen LogP contribution in [0.3, 0.4) is 0 Å². The van der Waals surface area contributed by atoms with Crippen LogP contribution in [-0.2, 0) is 0 Å². The molecule has 0 radical (unpaired) electrons. The van der Waals surface area contributed by atoms with Gasteiger partial charge >= 0.3 is 0 Å². The van der Waals surface area contributed by atoms with Crippen molar-refractivity contribution in [2.24, 2.45) is 0 Å². The molecule has 0 saturated carbocycles. The predicted molar refractivity (Wildman–Crippen MR) is 116 cm³/mol. The van der Waals surface area contributed by atoms with E-state index in [1.54, 1.807) is 11.3 Å². The van der Waals surface area contributed by atoms with Gasteiger partial charge in [-0.25, -0.2) is 9.97 Å². The van der Waals surface area contributed by atoms with Gasteiger partial charge in [-0.3, -0.25) is 0 Å². The van der Waals surface area contributed by atoms with Gasteiger partial charge in [0.1, 0.15) is 11.1 Å². The topological polar surface area (TPSA) is 68.1 Å². The molecule has 0 spiro atoms. The SMILES string of the molecule is CCN1CCN(c2nc3ccccc3nc2Nc2sc(C)c(C)c2C#N)CC1. The molecular weight excluding hydrogens is 368 g/mol. The molecule has 4 rings (SSSR count). The highest BCUT2D eigenvalue weighted by Gasteiger charge is 2.22. The molecule has 6 nitrogen and oxygen atoms in total. The van der Waals surface area contributed by atoms with Gasteiger partial charge in [0.15, 0.2) is 11.6 Å². The summed E-state index contributed by atoms with van der Waals surface area (Å²) in [6.45, 7) is 11.2. The van der Waals surface area contributed by atoms with Crippen LogP contribution in [0.15, 0.2) is 24.3 Å². The van der Waals surface area contributed by atoms with Crippen LogP contribution in [0.5, 0.6) is 0 Å². The van der Waals surface area contributed by atoms with Crippen LogP contribution >= 0.6 is 11.3 Å². The van der Waals surface area contributed by atoms with Gasteiger partial charge in [0.05, 0.1) is 16.6 Å². The third kappa shape index (κ3) is 3.41. The Morgan fingerprint density at radius 1 is 1.11 bits per heavy atom. The van der Waals surface area contributed by atoms with Crippen LogP contribution < -0.4 is 10.2 Å². The summed E-state index contributed by atoms with van der Waals surface area (Å²) in [5.41, 5.74) is 3.46. The summed E-state index contributed by atoms with van der Waals surface area (Å²) in [4.78, 5) is 15.7. The first-order valence-electron chi connectivity index (χ1n) is 9.62. The first-order valence-corrected chi connectivity index (χ1v) is 10.4. The molecule has 1 aromatic carbocycles. The molecule has 1 aliphatic rings. The lowest BCUT2D eigenvalue weighted by Gasteiger charge is -2.35. The lowest BCUT2D eigenvalue weighted by atomic mass is 10.2. The quantitative estimate of drug-likeness (QED) is 0.722. The first-order chi connectivity index (χ1) is 13.6. The van der Waals surface area contributed by atoms with Gasteiger partial charge in [-0.1, -0.05) is 19.1 Å². The molecule has 3 aromatic rings. The minimum Gasteiger partial charge on any atom is -0.351 e. The molecule has 28 heavy (non-hydrogen) atoms. The predicted octanol–water partition coefficient (Wildman–Crippen LogP) is 4.07. The third-order valence-electron chi connectivity index (χ3n) is 5.40. The van der Waals surface area contributed by atoms with Gasteiger partial charge in [0, 0.05) is 31.1 Å². The Hall–Kier alpha value is -2.69. The summed E-state index contributed by atoms with van der Waals surface area (Å²) in [5, 5.41) is 13.9. The highest BCUT2D eigenvalue weighted by atomic mass is 32.1. The molecular formula is C21H24N6S. The number of nitrogens with one attached hydrogen (secondary N) is 1. The number of nitriles is 1. The summed E-state index contributed by atoms with van der Waals surface area (Å²) in [6.07, 6.45) is 0. The fourth-order valence-electron chi connectivity index (χ4n) is 3.53. The van der Waals surface area contributed by atoms with E-state index in [0.717, 1.165) is 70.8 Å². The summed E-state index contributed by atoms with van der Waals surface area (Å²) < 4.78 is 0. The standard InChI is InChI=1S/C21H24N6S/c1-4-26-9-11-27(12-10-26)20-19(23-17-7-5-6-8-18(17)24-20)25-21-16(13-22)14(2)15(3)28-21/h5-8H,4,9-12H2,1-3H3,(H,23,25). The summed E-state index contributed by atoms with van der Waals surface area (Å²) in [6, 6.07) is 10.3. The van der Waals surface area contributed by atoms with Crippen molar-refractivity contribution in [1.82, 2.24) is 14.9 Å². The van der Waals surface area contributed by atoms with Crippen molar-refractivity contribution < 1.29 is 0 Å². The lowest BCUT2D eigenvalue weighted by molar-refractivity contribution is 0.270. The molecule has 1 saturated heterocycles. The van der Waals surface area contributed by atoms with Gasteiger partial charge < -0.3 is 15.1 Å². The van der Waals surface area contributed by atoms with E-state index < -0.39 is 0 Å². The van der Waals surface area contributed by atoms with Crippen molar-refractivity contribution in [2.75, 3.05) is 42.9 Å². The van der Waals surface area contributed by atoms with Crippen molar-refractivity contribution in [2.45, 2.75) is 20.8 Å². The number of aryl methyl sites for hydroxylation is 1. The zero-order valence-corrected chi connectivity index (χ0v) is 17.3. The summed E-state index contributed by atoms with van der Waals surface area (Å²) >= 11 is 1.60. The number of hydrogen-bond acceptors (Lipinski definition) is 7. The number of para-hydroxylation sites is 2. The number of rotatable bonds is 4. The van der Waals surface area contributed by atoms with E-state index in [4.69, 9.17) is 9.97 Å². The molecule has 1 N–H and O–H groups in total. The normalized spacial score (nSPS) is 15.0. The molecule has 1 aliphatic heterocycles. The maximum atomic E-state index is 9.60. The molecule has 7 heteroatoms. The maximum Gasteiger partial charge on any atom is 0.175 e. The molecule has 0 bridgehead atoms. The van der Waals surface area contributed by atoms with Crippen molar-refractivity contribution in [1.29, 1.82) is 5.26 Å². The van der Waals surface area contributed by atoms with E-state index in [2.05, 4.69) is 28.1 Å². The number of thiophene rings is 1. The number of aromatic nitrogens is 2. The fraction of sp³-hybridized carbons (Fsp3) is 0.381. The highest BCUT2D eigenvalue weighted by Crippen LogP contribution is 2.36. The van der Waals surface area contributed by atoms with Crippen molar-refractivity contribution in [3.8, 4) is 6.07 Å². The molecule has 3 heterocycles. The number of benzene rings is 1. The number of anilines is 3. The minimum absolute atomic E-state index is 0.694. The second-order valence-electron chi connectivity index (χ2n) is 7.03. The van der Waals surface area contributed by atoms with Crippen LogP contribution in [0.25, 0.3) is 11.0 Å². The molecule has 0 amide bonds. The number of fused-ring (bicyclic) bond motifs is 1. The minimum atomic E-state index is 0.694. The van der Waals surface area contributed by atoms with E-state index in [0.29, 0.717) is 5.56 Å². The molecule has 0 aliphatic carbocycles.